The summed E-state index contributed by atoms with van der Waals surface area (Å²) in [5, 5.41) is 9.54. The number of rotatable bonds is 6. The van der Waals surface area contributed by atoms with E-state index < -0.39 is 0 Å². The van der Waals surface area contributed by atoms with Crippen LogP contribution in [0.4, 0.5) is 0 Å². The van der Waals surface area contributed by atoms with Gasteiger partial charge in [-0.15, -0.1) is 10.2 Å². The number of carbonyl (C=O) groups excluding carboxylic acids is 1. The third-order valence-corrected chi connectivity index (χ3v) is 5.79. The average molecular weight is 389 g/mol. The summed E-state index contributed by atoms with van der Waals surface area (Å²) >= 11 is 1.47. The van der Waals surface area contributed by atoms with Gasteiger partial charge in [-0.25, -0.2) is 0 Å². The predicted octanol–water partition coefficient (Wildman–Crippen LogP) is 3.89. The molecule has 1 aromatic carbocycles. The smallest absolute Gasteiger partial charge is 0.233 e. The molecule has 1 aliphatic heterocycles. The number of nitrogens with zero attached hydrogens (tertiary/aromatic N) is 4. The summed E-state index contributed by atoms with van der Waals surface area (Å²) < 4.78 is 7.32. The molecule has 1 fully saturated rings. The molecule has 0 radical (unpaired) electrons. The van der Waals surface area contributed by atoms with E-state index in [9.17, 15) is 4.79 Å². The third-order valence-electron chi connectivity index (χ3n) is 4.86. The second-order valence-electron chi connectivity index (χ2n) is 7.37. The Morgan fingerprint density at radius 2 is 2.04 bits per heavy atom. The molecule has 0 bridgehead atoms. The number of hydrogen-bond acceptors (Lipinski definition) is 5. The maximum Gasteiger partial charge on any atom is 0.233 e. The number of benzene rings is 1. The van der Waals surface area contributed by atoms with E-state index in [1.165, 1.54) is 18.2 Å². The number of thioether (sulfide) groups is 1. The number of carbonyl (C=O) groups is 1. The molecular formula is C20H28N4O2S. The zero-order valence-corrected chi connectivity index (χ0v) is 17.3. The first-order valence-electron chi connectivity index (χ1n) is 9.49. The van der Waals surface area contributed by atoms with Crippen molar-refractivity contribution >= 4 is 17.7 Å². The van der Waals surface area contributed by atoms with Gasteiger partial charge in [0.1, 0.15) is 5.75 Å². The Bertz CT molecular complexity index is 773. The molecule has 1 aliphatic rings. The van der Waals surface area contributed by atoms with E-state index in [4.69, 9.17) is 4.74 Å². The average Bonchev–Trinajstić information content (AvgIpc) is 3.10. The molecule has 0 saturated carbocycles. The maximum absolute atomic E-state index is 12.6. The van der Waals surface area contributed by atoms with Crippen LogP contribution in [0.25, 0.3) is 11.4 Å². The lowest BCUT2D eigenvalue weighted by Crippen LogP contribution is -2.40. The van der Waals surface area contributed by atoms with Crippen molar-refractivity contribution in [2.75, 3.05) is 26.0 Å². The van der Waals surface area contributed by atoms with Gasteiger partial charge in [0.15, 0.2) is 11.0 Å². The van der Waals surface area contributed by atoms with Gasteiger partial charge in [-0.3, -0.25) is 9.36 Å². The first-order valence-corrected chi connectivity index (χ1v) is 10.5. The summed E-state index contributed by atoms with van der Waals surface area (Å²) in [7, 11) is 1.65. The van der Waals surface area contributed by atoms with Crippen molar-refractivity contribution in [2.24, 2.45) is 5.92 Å². The van der Waals surface area contributed by atoms with Crippen LogP contribution in [-0.4, -0.2) is 51.5 Å². The quantitative estimate of drug-likeness (QED) is 0.703. The standard InChI is InChI=1S/C20H28N4O2S/c1-14(2)24-19(16-7-9-17(26-4)10-8-16)21-22-20(24)27-13-18(25)23-11-5-6-15(3)12-23/h7-10,14-15H,5-6,11-13H2,1-4H3. The molecule has 6 nitrogen and oxygen atoms in total. The van der Waals surface area contributed by atoms with E-state index in [-0.39, 0.29) is 11.9 Å². The van der Waals surface area contributed by atoms with Crippen LogP contribution in [0.5, 0.6) is 5.75 Å². The molecule has 3 rings (SSSR count). The molecule has 2 heterocycles. The fourth-order valence-corrected chi connectivity index (χ4v) is 4.38. The Morgan fingerprint density at radius 1 is 1.30 bits per heavy atom. The fourth-order valence-electron chi connectivity index (χ4n) is 3.41. The molecular weight excluding hydrogens is 360 g/mol. The molecule has 0 spiro atoms. The highest BCUT2D eigenvalue weighted by molar-refractivity contribution is 7.99. The van der Waals surface area contributed by atoms with Gasteiger partial charge >= 0.3 is 0 Å². The fraction of sp³-hybridized carbons (Fsp3) is 0.550. The van der Waals surface area contributed by atoms with Gasteiger partial charge in [-0.1, -0.05) is 18.7 Å². The second kappa shape index (κ2) is 8.78. The molecule has 1 saturated heterocycles. The zero-order valence-electron chi connectivity index (χ0n) is 16.5. The lowest BCUT2D eigenvalue weighted by molar-refractivity contribution is -0.130. The van der Waals surface area contributed by atoms with Crippen LogP contribution in [-0.2, 0) is 4.79 Å². The highest BCUT2D eigenvalue weighted by Gasteiger charge is 2.23. The number of amides is 1. The number of hydrogen-bond donors (Lipinski definition) is 0. The summed E-state index contributed by atoms with van der Waals surface area (Å²) in [6.07, 6.45) is 2.31. The Kier molecular flexibility index (Phi) is 6.42. The first kappa shape index (κ1) is 19.7. The van der Waals surface area contributed by atoms with Crippen molar-refractivity contribution < 1.29 is 9.53 Å². The van der Waals surface area contributed by atoms with Crippen LogP contribution in [0.15, 0.2) is 29.4 Å². The summed E-state index contributed by atoms with van der Waals surface area (Å²) in [5.74, 6) is 2.81. The Labute approximate surface area is 165 Å². The van der Waals surface area contributed by atoms with Gasteiger partial charge in [0.05, 0.1) is 12.9 Å². The maximum atomic E-state index is 12.6. The minimum Gasteiger partial charge on any atom is -0.497 e. The molecule has 7 heteroatoms. The Balaban J connectivity index is 1.73. The lowest BCUT2D eigenvalue weighted by atomic mass is 10.0. The Hall–Kier alpha value is -2.02. The summed E-state index contributed by atoms with van der Waals surface area (Å²) in [5.41, 5.74) is 0.986. The van der Waals surface area contributed by atoms with Crippen LogP contribution in [0, 0.1) is 5.92 Å². The molecule has 1 unspecified atom stereocenters. The largest absolute Gasteiger partial charge is 0.497 e. The van der Waals surface area contributed by atoms with E-state index in [2.05, 4.69) is 35.5 Å². The van der Waals surface area contributed by atoms with Crippen molar-refractivity contribution in [2.45, 2.75) is 44.8 Å². The summed E-state index contributed by atoms with van der Waals surface area (Å²) in [6.45, 7) is 8.16. The van der Waals surface area contributed by atoms with E-state index >= 15 is 0 Å². The minimum absolute atomic E-state index is 0.191. The third kappa shape index (κ3) is 4.64. The Morgan fingerprint density at radius 3 is 2.67 bits per heavy atom. The van der Waals surface area contributed by atoms with Crippen LogP contribution in [0.1, 0.15) is 39.7 Å². The summed E-state index contributed by atoms with van der Waals surface area (Å²) in [4.78, 5) is 14.6. The number of aromatic nitrogens is 3. The predicted molar refractivity (Wildman–Crippen MR) is 108 cm³/mol. The van der Waals surface area contributed by atoms with Crippen LogP contribution < -0.4 is 4.74 Å². The first-order chi connectivity index (χ1) is 13.0. The molecule has 1 atom stereocenters. The van der Waals surface area contributed by atoms with Crippen molar-refractivity contribution in [3.63, 3.8) is 0 Å². The van der Waals surface area contributed by atoms with Gasteiger partial charge in [-0.2, -0.15) is 0 Å². The monoisotopic (exact) mass is 388 g/mol. The van der Waals surface area contributed by atoms with Crippen molar-refractivity contribution in [3.05, 3.63) is 24.3 Å². The topological polar surface area (TPSA) is 60.3 Å². The molecule has 1 amide bonds. The van der Waals surface area contributed by atoms with Gasteiger partial charge in [0.2, 0.25) is 5.91 Å². The molecule has 2 aromatic rings. The summed E-state index contributed by atoms with van der Waals surface area (Å²) in [6, 6.07) is 8.00. The second-order valence-corrected chi connectivity index (χ2v) is 8.32. The molecule has 0 N–H and O–H groups in total. The van der Waals surface area contributed by atoms with E-state index in [0.717, 1.165) is 41.8 Å². The molecule has 1 aromatic heterocycles. The molecule has 27 heavy (non-hydrogen) atoms. The number of methoxy groups -OCH3 is 1. The number of ether oxygens (including phenoxy) is 1. The number of likely N-dealkylation sites (tertiary alicyclic amines) is 1. The van der Waals surface area contributed by atoms with Gasteiger partial charge in [0, 0.05) is 24.7 Å². The zero-order chi connectivity index (χ0) is 19.4. The van der Waals surface area contributed by atoms with Gasteiger partial charge in [-0.05, 0) is 56.9 Å². The molecule has 0 aliphatic carbocycles. The molecule has 146 valence electrons. The normalized spacial score (nSPS) is 17.4. The van der Waals surface area contributed by atoms with Crippen LogP contribution in [0.3, 0.4) is 0 Å². The number of piperidine rings is 1. The highest BCUT2D eigenvalue weighted by atomic mass is 32.2. The van der Waals surface area contributed by atoms with E-state index in [0.29, 0.717) is 11.7 Å². The van der Waals surface area contributed by atoms with Crippen LogP contribution >= 0.6 is 11.8 Å². The van der Waals surface area contributed by atoms with Crippen molar-refractivity contribution in [1.82, 2.24) is 19.7 Å². The van der Waals surface area contributed by atoms with Crippen molar-refractivity contribution in [3.8, 4) is 17.1 Å². The van der Waals surface area contributed by atoms with E-state index in [1.807, 2.05) is 29.2 Å². The van der Waals surface area contributed by atoms with Crippen LogP contribution in [0.2, 0.25) is 0 Å². The highest BCUT2D eigenvalue weighted by Crippen LogP contribution is 2.29. The SMILES string of the molecule is COc1ccc(-c2nnc(SCC(=O)N3CCCC(C)C3)n2C(C)C)cc1. The van der Waals surface area contributed by atoms with Crippen molar-refractivity contribution in [1.29, 1.82) is 0 Å². The van der Waals surface area contributed by atoms with Gasteiger partial charge in [0.25, 0.3) is 0 Å². The minimum atomic E-state index is 0.191. The van der Waals surface area contributed by atoms with Gasteiger partial charge < -0.3 is 9.64 Å². The lowest BCUT2D eigenvalue weighted by Gasteiger charge is -2.30. The van der Waals surface area contributed by atoms with E-state index in [1.54, 1.807) is 7.11 Å².